The fourth-order valence-corrected chi connectivity index (χ4v) is 2.64. The molecule has 25 heavy (non-hydrogen) atoms. The number of benzene rings is 1. The molecule has 0 saturated carbocycles. The van der Waals surface area contributed by atoms with Gasteiger partial charge in [-0.25, -0.2) is 4.79 Å². The van der Waals surface area contributed by atoms with Crippen LogP contribution in [0.25, 0.3) is 11.8 Å². The minimum absolute atomic E-state index is 0.0434. The number of rotatable bonds is 4. The molecule has 2 heterocycles. The van der Waals surface area contributed by atoms with Crippen molar-refractivity contribution in [2.45, 2.75) is 24.5 Å². The molecule has 0 unspecified atom stereocenters. The van der Waals surface area contributed by atoms with Crippen molar-refractivity contribution in [3.05, 3.63) is 64.3 Å². The van der Waals surface area contributed by atoms with Crippen LogP contribution in [0.3, 0.4) is 0 Å². The summed E-state index contributed by atoms with van der Waals surface area (Å²) in [6.07, 6.45) is -2.10. The van der Waals surface area contributed by atoms with Crippen molar-refractivity contribution in [1.29, 1.82) is 0 Å². The Morgan fingerprint density at radius 2 is 1.92 bits per heavy atom. The van der Waals surface area contributed by atoms with Crippen LogP contribution in [-0.2, 0) is 4.74 Å². The van der Waals surface area contributed by atoms with Crippen LogP contribution in [-0.4, -0.2) is 54.9 Å². The van der Waals surface area contributed by atoms with Crippen LogP contribution in [0.2, 0.25) is 0 Å². The third kappa shape index (κ3) is 3.47. The van der Waals surface area contributed by atoms with Crippen molar-refractivity contribution in [3.63, 3.8) is 0 Å². The summed E-state index contributed by atoms with van der Waals surface area (Å²) in [6, 6.07) is 10.3. The first-order valence-electron chi connectivity index (χ1n) is 7.69. The van der Waals surface area contributed by atoms with E-state index < -0.39 is 36.8 Å². The lowest BCUT2D eigenvalue weighted by Gasteiger charge is -2.16. The van der Waals surface area contributed by atoms with Crippen molar-refractivity contribution >= 4 is 11.8 Å². The monoisotopic (exact) mass is 346 g/mol. The van der Waals surface area contributed by atoms with Gasteiger partial charge in [-0.05, 0) is 6.07 Å². The molecule has 1 saturated heterocycles. The maximum atomic E-state index is 12.2. The summed E-state index contributed by atoms with van der Waals surface area (Å²) in [4.78, 5) is 16.0. The molecule has 132 valence electrons. The summed E-state index contributed by atoms with van der Waals surface area (Å²) in [5.74, 6) is -0.0434. The number of aliphatic hydroxyl groups excluding tert-OH is 4. The Hall–Kier alpha value is -2.52. The Morgan fingerprint density at radius 3 is 2.52 bits per heavy atom. The Kier molecular flexibility index (Phi) is 4.95. The molecule has 8 nitrogen and oxygen atoms in total. The first-order valence-corrected chi connectivity index (χ1v) is 7.69. The standard InChI is InChI=1S/C17H18N2O6/c20-9-13-14(22)15(23)16(25-13)19-7-6-11(18-17(19)24)8-12(21)10-4-2-1-3-5-10/h1-8,13-16,20-23H,9H2/t13-,14-,15-,16-/m1/s1. The fourth-order valence-electron chi connectivity index (χ4n) is 2.64. The highest BCUT2D eigenvalue weighted by atomic mass is 16.6. The van der Waals surface area contributed by atoms with E-state index in [1.807, 2.05) is 6.07 Å². The number of hydrogen-bond donors (Lipinski definition) is 4. The average molecular weight is 346 g/mol. The molecule has 1 aromatic carbocycles. The summed E-state index contributed by atoms with van der Waals surface area (Å²) in [5, 5.41) is 38.9. The van der Waals surface area contributed by atoms with Crippen molar-refractivity contribution < 1.29 is 25.2 Å². The van der Waals surface area contributed by atoms with Gasteiger partial charge in [-0.15, -0.1) is 0 Å². The molecule has 0 amide bonds. The topological polar surface area (TPSA) is 125 Å². The molecule has 2 aromatic rings. The summed E-state index contributed by atoms with van der Waals surface area (Å²) in [6.45, 7) is -0.483. The van der Waals surface area contributed by atoms with Gasteiger partial charge < -0.3 is 25.2 Å². The van der Waals surface area contributed by atoms with E-state index in [2.05, 4.69) is 4.98 Å². The van der Waals surface area contributed by atoms with Crippen molar-refractivity contribution in [1.82, 2.24) is 9.55 Å². The van der Waals surface area contributed by atoms with Crippen LogP contribution in [0, 0.1) is 0 Å². The Balaban J connectivity index is 1.86. The lowest BCUT2D eigenvalue weighted by Crippen LogP contribution is -2.36. The second kappa shape index (κ2) is 7.16. The summed E-state index contributed by atoms with van der Waals surface area (Å²) < 4.78 is 6.33. The Morgan fingerprint density at radius 1 is 1.20 bits per heavy atom. The number of nitrogens with zero attached hydrogens (tertiary/aromatic N) is 2. The van der Waals surface area contributed by atoms with Gasteiger partial charge in [-0.2, -0.15) is 4.98 Å². The first kappa shape index (κ1) is 17.3. The van der Waals surface area contributed by atoms with Gasteiger partial charge in [0.15, 0.2) is 6.23 Å². The summed E-state index contributed by atoms with van der Waals surface area (Å²) in [5.41, 5.74) is 0.0933. The molecule has 1 aromatic heterocycles. The third-order valence-corrected chi connectivity index (χ3v) is 4.00. The van der Waals surface area contributed by atoms with E-state index in [0.717, 1.165) is 4.57 Å². The molecule has 0 aliphatic carbocycles. The number of aromatic nitrogens is 2. The SMILES string of the molecule is O=c1nc(C=C(O)c2ccccc2)ccn1[C@@H]1O[C@H](CO)[C@@H](O)[C@H]1O. The Bertz CT molecular complexity index is 819. The van der Waals surface area contributed by atoms with Gasteiger partial charge in [0, 0.05) is 17.8 Å². The second-order valence-corrected chi connectivity index (χ2v) is 5.67. The third-order valence-electron chi connectivity index (χ3n) is 4.00. The van der Waals surface area contributed by atoms with E-state index in [1.165, 1.54) is 18.3 Å². The number of hydrogen-bond acceptors (Lipinski definition) is 7. The van der Waals surface area contributed by atoms with E-state index in [4.69, 9.17) is 9.84 Å². The number of aliphatic hydroxyl groups is 4. The smallest absolute Gasteiger partial charge is 0.350 e. The van der Waals surface area contributed by atoms with Crippen molar-refractivity contribution in [2.24, 2.45) is 0 Å². The highest BCUT2D eigenvalue weighted by Crippen LogP contribution is 2.28. The highest BCUT2D eigenvalue weighted by molar-refractivity contribution is 5.74. The minimum Gasteiger partial charge on any atom is -0.507 e. The van der Waals surface area contributed by atoms with E-state index in [9.17, 15) is 20.1 Å². The van der Waals surface area contributed by atoms with Crippen LogP contribution < -0.4 is 5.69 Å². The fraction of sp³-hybridized carbons (Fsp3) is 0.294. The van der Waals surface area contributed by atoms with E-state index in [1.54, 1.807) is 24.3 Å². The predicted octanol–water partition coefficient (Wildman–Crippen LogP) is -0.0891. The van der Waals surface area contributed by atoms with Gasteiger partial charge in [0.25, 0.3) is 0 Å². The highest BCUT2D eigenvalue weighted by Gasteiger charge is 2.43. The van der Waals surface area contributed by atoms with Gasteiger partial charge in [0.1, 0.15) is 24.1 Å². The van der Waals surface area contributed by atoms with Crippen LogP contribution >= 0.6 is 0 Å². The number of ether oxygens (including phenoxy) is 1. The maximum absolute atomic E-state index is 12.2. The summed E-state index contributed by atoms with van der Waals surface area (Å²) in [7, 11) is 0. The van der Waals surface area contributed by atoms with Gasteiger partial charge in [-0.3, -0.25) is 4.57 Å². The van der Waals surface area contributed by atoms with E-state index in [0.29, 0.717) is 5.56 Å². The van der Waals surface area contributed by atoms with E-state index >= 15 is 0 Å². The van der Waals surface area contributed by atoms with Gasteiger partial charge in [0.05, 0.1) is 12.3 Å². The molecule has 3 rings (SSSR count). The molecule has 0 spiro atoms. The molecular formula is C17H18N2O6. The minimum atomic E-state index is -1.37. The molecule has 4 atom stereocenters. The normalized spacial score (nSPS) is 26.8. The zero-order chi connectivity index (χ0) is 18.0. The molecule has 8 heteroatoms. The predicted molar refractivity (Wildman–Crippen MR) is 88.4 cm³/mol. The molecule has 0 bridgehead atoms. The van der Waals surface area contributed by atoms with Crippen molar-refractivity contribution in [3.8, 4) is 0 Å². The quantitative estimate of drug-likeness (QED) is 0.570. The van der Waals surface area contributed by atoms with Crippen LogP contribution in [0.1, 0.15) is 17.5 Å². The second-order valence-electron chi connectivity index (χ2n) is 5.67. The van der Waals surface area contributed by atoms with Crippen LogP contribution in [0.4, 0.5) is 0 Å². The van der Waals surface area contributed by atoms with Gasteiger partial charge in [0.2, 0.25) is 0 Å². The maximum Gasteiger partial charge on any atom is 0.350 e. The largest absolute Gasteiger partial charge is 0.507 e. The van der Waals surface area contributed by atoms with Crippen LogP contribution in [0.5, 0.6) is 0 Å². The molecule has 1 aliphatic rings. The van der Waals surface area contributed by atoms with Crippen molar-refractivity contribution in [2.75, 3.05) is 6.61 Å². The zero-order valence-electron chi connectivity index (χ0n) is 13.1. The lowest BCUT2D eigenvalue weighted by atomic mass is 10.1. The average Bonchev–Trinajstić information content (AvgIpc) is 2.91. The van der Waals surface area contributed by atoms with Gasteiger partial charge in [-0.1, -0.05) is 30.3 Å². The zero-order valence-corrected chi connectivity index (χ0v) is 13.1. The molecule has 0 radical (unpaired) electrons. The lowest BCUT2D eigenvalue weighted by molar-refractivity contribution is -0.0549. The molecular weight excluding hydrogens is 328 g/mol. The molecule has 4 N–H and O–H groups in total. The first-order chi connectivity index (χ1) is 12.0. The molecule has 1 aliphatic heterocycles. The summed E-state index contributed by atoms with van der Waals surface area (Å²) >= 11 is 0. The van der Waals surface area contributed by atoms with Gasteiger partial charge >= 0.3 is 5.69 Å². The van der Waals surface area contributed by atoms with E-state index in [-0.39, 0.29) is 11.5 Å². The van der Waals surface area contributed by atoms with Crippen LogP contribution in [0.15, 0.2) is 47.4 Å². The Labute approximate surface area is 142 Å². The molecule has 1 fully saturated rings.